The van der Waals surface area contributed by atoms with Gasteiger partial charge >= 0.3 is 5.97 Å². The highest BCUT2D eigenvalue weighted by atomic mass is 32.2. The van der Waals surface area contributed by atoms with E-state index in [4.69, 9.17) is 14.0 Å². The molecule has 1 aromatic carbocycles. The van der Waals surface area contributed by atoms with E-state index in [1.54, 1.807) is 26.0 Å². The molecule has 1 N–H and O–H groups in total. The Morgan fingerprint density at radius 1 is 1.18 bits per heavy atom. The average molecular weight is 330 g/mol. The maximum Gasteiger partial charge on any atom is 0.303 e. The van der Waals surface area contributed by atoms with Crippen LogP contribution in [0.1, 0.15) is 25.8 Å². The first-order chi connectivity index (χ1) is 10.1. The highest BCUT2D eigenvalue weighted by Crippen LogP contribution is 2.20. The molecule has 0 radical (unpaired) electrons. The predicted octanol–water partition coefficient (Wildman–Crippen LogP) is 2.22. The fourth-order valence-corrected chi connectivity index (χ4v) is 2.68. The first kappa shape index (κ1) is 18.6. The van der Waals surface area contributed by atoms with E-state index in [0.29, 0.717) is 0 Å². The molecule has 0 unspecified atom stereocenters. The zero-order valence-corrected chi connectivity index (χ0v) is 13.9. The second kappa shape index (κ2) is 7.71. The van der Waals surface area contributed by atoms with Crippen molar-refractivity contribution in [3.8, 4) is 0 Å². The van der Waals surface area contributed by atoms with Crippen molar-refractivity contribution < 1.29 is 27.2 Å². The molecule has 22 heavy (non-hydrogen) atoms. The van der Waals surface area contributed by atoms with E-state index in [-0.39, 0.29) is 31.1 Å². The number of hydrogen-bond donors (Lipinski definition) is 1. The van der Waals surface area contributed by atoms with Crippen LogP contribution in [0.25, 0.3) is 0 Å². The van der Waals surface area contributed by atoms with Gasteiger partial charge in [0.25, 0.3) is 10.1 Å². The van der Waals surface area contributed by atoms with Gasteiger partial charge in [-0.2, -0.15) is 8.42 Å². The summed E-state index contributed by atoms with van der Waals surface area (Å²) in [6, 6.07) is 6.37. The summed E-state index contributed by atoms with van der Waals surface area (Å²) in [5.41, 5.74) is 0.449. The van der Waals surface area contributed by atoms with Gasteiger partial charge in [0.2, 0.25) is 0 Å². The smallest absolute Gasteiger partial charge is 0.303 e. The molecule has 1 rings (SSSR count). The van der Waals surface area contributed by atoms with Crippen LogP contribution in [0.3, 0.4) is 0 Å². The average Bonchev–Trinajstić information content (AvgIpc) is 2.37. The number of carboxylic acids is 1. The van der Waals surface area contributed by atoms with E-state index in [1.807, 2.05) is 6.92 Å². The molecule has 0 saturated carbocycles. The van der Waals surface area contributed by atoms with E-state index in [9.17, 15) is 13.2 Å². The predicted molar refractivity (Wildman–Crippen MR) is 81.2 cm³/mol. The lowest BCUT2D eigenvalue weighted by Crippen LogP contribution is -2.24. The van der Waals surface area contributed by atoms with Crippen LogP contribution < -0.4 is 0 Å². The van der Waals surface area contributed by atoms with Crippen molar-refractivity contribution in [3.05, 3.63) is 29.8 Å². The molecule has 6 nitrogen and oxygen atoms in total. The van der Waals surface area contributed by atoms with Crippen LogP contribution in [0.5, 0.6) is 0 Å². The van der Waals surface area contributed by atoms with Crippen LogP contribution >= 0.6 is 0 Å². The maximum absolute atomic E-state index is 11.9. The van der Waals surface area contributed by atoms with E-state index < -0.39 is 21.5 Å². The molecule has 0 amide bonds. The van der Waals surface area contributed by atoms with Crippen molar-refractivity contribution >= 4 is 16.1 Å². The first-order valence-electron chi connectivity index (χ1n) is 6.88. The maximum atomic E-state index is 11.9. The van der Waals surface area contributed by atoms with Gasteiger partial charge in [0.05, 0.1) is 31.1 Å². The molecule has 0 spiro atoms. The molecule has 0 aliphatic heterocycles. The lowest BCUT2D eigenvalue weighted by Gasteiger charge is -2.21. The molecule has 124 valence electrons. The van der Waals surface area contributed by atoms with Gasteiger partial charge in [0, 0.05) is 0 Å². The van der Waals surface area contributed by atoms with E-state index >= 15 is 0 Å². The molecule has 0 heterocycles. The topological polar surface area (TPSA) is 89.9 Å². The van der Waals surface area contributed by atoms with E-state index in [2.05, 4.69) is 0 Å². The third-order valence-electron chi connectivity index (χ3n) is 2.90. The van der Waals surface area contributed by atoms with Crippen molar-refractivity contribution in [2.45, 2.75) is 32.1 Å². The van der Waals surface area contributed by atoms with Gasteiger partial charge in [-0.1, -0.05) is 31.5 Å². The van der Waals surface area contributed by atoms with Crippen molar-refractivity contribution in [3.63, 3.8) is 0 Å². The highest BCUT2D eigenvalue weighted by Gasteiger charge is 2.22. The minimum atomic E-state index is -3.79. The number of hydrogen-bond acceptors (Lipinski definition) is 5. The van der Waals surface area contributed by atoms with Gasteiger partial charge < -0.3 is 9.84 Å². The Morgan fingerprint density at radius 2 is 1.77 bits per heavy atom. The minimum Gasteiger partial charge on any atom is -0.481 e. The molecule has 0 atom stereocenters. The first-order valence-corrected chi connectivity index (χ1v) is 8.29. The fourth-order valence-electron chi connectivity index (χ4n) is 1.78. The van der Waals surface area contributed by atoms with Crippen LogP contribution in [0.4, 0.5) is 0 Å². The third kappa shape index (κ3) is 6.55. The summed E-state index contributed by atoms with van der Waals surface area (Å²) >= 11 is 0. The third-order valence-corrected chi connectivity index (χ3v) is 4.22. The Balaban J connectivity index is 2.38. The van der Waals surface area contributed by atoms with Crippen molar-refractivity contribution in [1.29, 1.82) is 0 Å². The SMILES string of the molecule is Cc1ccc(S(=O)(=O)OCCOCC(C)(C)CC(=O)O)cc1. The lowest BCUT2D eigenvalue weighted by molar-refractivity contribution is -0.140. The van der Waals surface area contributed by atoms with Crippen LogP contribution in [-0.4, -0.2) is 39.3 Å². The van der Waals surface area contributed by atoms with Crippen molar-refractivity contribution in [1.82, 2.24) is 0 Å². The Bertz CT molecular complexity index is 589. The van der Waals surface area contributed by atoms with Gasteiger partial charge in [0.1, 0.15) is 0 Å². The molecule has 0 aliphatic carbocycles. The van der Waals surface area contributed by atoms with Gasteiger partial charge in [-0.25, -0.2) is 0 Å². The highest BCUT2D eigenvalue weighted by molar-refractivity contribution is 7.86. The second-order valence-corrected chi connectivity index (χ2v) is 7.49. The molecule has 0 saturated heterocycles. The van der Waals surface area contributed by atoms with Crippen LogP contribution in [-0.2, 0) is 23.8 Å². The number of carboxylic acid groups (broad SMARTS) is 1. The zero-order valence-electron chi connectivity index (χ0n) is 13.0. The Labute approximate surface area is 131 Å². The lowest BCUT2D eigenvalue weighted by atomic mass is 9.91. The van der Waals surface area contributed by atoms with Crippen molar-refractivity contribution in [2.24, 2.45) is 5.41 Å². The molecular weight excluding hydrogens is 308 g/mol. The Kier molecular flexibility index (Phi) is 6.52. The number of rotatable bonds is 9. The summed E-state index contributed by atoms with van der Waals surface area (Å²) in [5.74, 6) is -0.896. The largest absolute Gasteiger partial charge is 0.481 e. The summed E-state index contributed by atoms with van der Waals surface area (Å²) in [5, 5.41) is 8.74. The van der Waals surface area contributed by atoms with Crippen molar-refractivity contribution in [2.75, 3.05) is 19.8 Å². The molecule has 1 aromatic rings. The van der Waals surface area contributed by atoms with Crippen LogP contribution in [0, 0.1) is 12.3 Å². The number of carbonyl (C=O) groups is 1. The summed E-state index contributed by atoms with van der Waals surface area (Å²) < 4.78 is 34.0. The summed E-state index contributed by atoms with van der Waals surface area (Å²) in [6.07, 6.45) is -0.0183. The standard InChI is InChI=1S/C15H22O6S/c1-12-4-6-13(7-5-12)22(18,19)21-9-8-20-11-15(2,3)10-14(16)17/h4-7H,8-11H2,1-3H3,(H,16,17). The van der Waals surface area contributed by atoms with Gasteiger partial charge in [-0.15, -0.1) is 0 Å². The van der Waals surface area contributed by atoms with Gasteiger partial charge in [0.15, 0.2) is 0 Å². The number of benzene rings is 1. The monoisotopic (exact) mass is 330 g/mol. The number of aryl methyl sites for hydroxylation is 1. The normalized spacial score (nSPS) is 12.3. The zero-order chi connectivity index (χ0) is 16.8. The molecular formula is C15H22O6S. The summed E-state index contributed by atoms with van der Waals surface area (Å²) in [7, 11) is -3.79. The Morgan fingerprint density at radius 3 is 2.32 bits per heavy atom. The molecule has 0 fully saturated rings. The van der Waals surface area contributed by atoms with Crippen LogP contribution in [0.2, 0.25) is 0 Å². The van der Waals surface area contributed by atoms with Gasteiger partial charge in [-0.05, 0) is 24.5 Å². The Hall–Kier alpha value is -1.44. The second-order valence-electron chi connectivity index (χ2n) is 5.88. The van der Waals surface area contributed by atoms with E-state index in [1.165, 1.54) is 12.1 Å². The molecule has 7 heteroatoms. The molecule has 0 aromatic heterocycles. The fraction of sp³-hybridized carbons (Fsp3) is 0.533. The molecule has 0 aliphatic rings. The van der Waals surface area contributed by atoms with E-state index in [0.717, 1.165) is 5.56 Å². The number of ether oxygens (including phenoxy) is 1. The van der Waals surface area contributed by atoms with Gasteiger partial charge in [-0.3, -0.25) is 8.98 Å². The number of aliphatic carboxylic acids is 1. The van der Waals surface area contributed by atoms with Crippen LogP contribution in [0.15, 0.2) is 29.2 Å². The minimum absolute atomic E-state index is 0.0183. The summed E-state index contributed by atoms with van der Waals surface area (Å²) in [6.45, 7) is 5.58. The quantitative estimate of drug-likeness (QED) is 0.551. The molecule has 0 bridgehead atoms. The summed E-state index contributed by atoms with van der Waals surface area (Å²) in [4.78, 5) is 10.8.